The number of aliphatic carboxylic acids is 1. The Balaban J connectivity index is 2.19. The van der Waals surface area contributed by atoms with Crippen LogP contribution in [0.25, 0.3) is 10.8 Å². The Morgan fingerprint density at radius 3 is 1.96 bits per heavy atom. The molecule has 2 rings (SSSR count). The Hall–Kier alpha value is -4.80. The number of aliphatic hydroxyl groups excluding tert-OH is 2. The predicted octanol–water partition coefficient (Wildman–Crippen LogP) is -0.315. The highest BCUT2D eigenvalue weighted by molar-refractivity contribution is 5.96. The zero-order chi connectivity index (χ0) is 38.1. The van der Waals surface area contributed by atoms with Crippen LogP contribution in [-0.4, -0.2) is 107 Å². The van der Waals surface area contributed by atoms with E-state index in [4.69, 9.17) is 10.5 Å². The number of ether oxygens (including phenoxy) is 1. The number of carboxylic acid groups (broad SMARTS) is 1. The van der Waals surface area contributed by atoms with Crippen LogP contribution in [0.4, 0.5) is 0 Å². The lowest BCUT2D eigenvalue weighted by atomic mass is 10.0. The Morgan fingerprint density at radius 1 is 0.745 bits per heavy atom. The average molecular weight is 717 g/mol. The lowest BCUT2D eigenvalue weighted by Crippen LogP contribution is -2.61. The number of nitrogens with one attached hydrogen (secondary N) is 5. The van der Waals surface area contributed by atoms with Crippen LogP contribution < -0.4 is 37.1 Å². The molecule has 0 heterocycles. The van der Waals surface area contributed by atoms with Crippen molar-refractivity contribution in [3.63, 3.8) is 0 Å². The summed E-state index contributed by atoms with van der Waals surface area (Å²) < 4.78 is 5.77. The third-order valence-corrected chi connectivity index (χ3v) is 7.96. The molecule has 0 radical (unpaired) electrons. The van der Waals surface area contributed by atoms with Crippen molar-refractivity contribution in [1.82, 2.24) is 26.6 Å². The van der Waals surface area contributed by atoms with Gasteiger partial charge >= 0.3 is 5.97 Å². The van der Waals surface area contributed by atoms with Gasteiger partial charge in [0.05, 0.1) is 12.7 Å². The van der Waals surface area contributed by atoms with Gasteiger partial charge in [0, 0.05) is 17.8 Å². The van der Waals surface area contributed by atoms with Gasteiger partial charge in [0.25, 0.3) is 5.91 Å². The first-order valence-electron chi connectivity index (χ1n) is 17.0. The summed E-state index contributed by atoms with van der Waals surface area (Å²) in [6.45, 7) is 5.63. The topological polar surface area (TPSA) is 259 Å². The first kappa shape index (κ1) is 42.4. The molecule has 10 N–H and O–H groups in total. The second-order valence-corrected chi connectivity index (χ2v) is 12.7. The van der Waals surface area contributed by atoms with Crippen LogP contribution in [-0.2, 0) is 28.8 Å². The molecular weight excluding hydrogens is 664 g/mol. The molecule has 51 heavy (non-hydrogen) atoms. The number of carbonyl (C=O) groups is 6. The van der Waals surface area contributed by atoms with Crippen molar-refractivity contribution in [2.45, 2.75) is 96.1 Å². The van der Waals surface area contributed by atoms with Gasteiger partial charge in [-0.05, 0) is 63.4 Å². The first-order valence-corrected chi connectivity index (χ1v) is 17.0. The maximum Gasteiger partial charge on any atom is 0.303 e. The second kappa shape index (κ2) is 21.4. The number of nitrogens with two attached hydrogens (primary N) is 1. The van der Waals surface area contributed by atoms with Crippen LogP contribution in [0.5, 0.6) is 5.75 Å². The molecule has 16 heteroatoms. The molecule has 0 fully saturated rings. The van der Waals surface area contributed by atoms with Crippen molar-refractivity contribution in [3.8, 4) is 5.75 Å². The summed E-state index contributed by atoms with van der Waals surface area (Å²) in [5.41, 5.74) is 5.64. The van der Waals surface area contributed by atoms with E-state index in [9.17, 15) is 44.1 Å². The van der Waals surface area contributed by atoms with Crippen LogP contribution in [0.1, 0.15) is 59.8 Å². The number of fused-ring (bicyclic) bond motifs is 1. The number of amides is 5. The normalized spacial score (nSPS) is 14.7. The van der Waals surface area contributed by atoms with Crippen LogP contribution >= 0.6 is 0 Å². The smallest absolute Gasteiger partial charge is 0.303 e. The average Bonchev–Trinajstić information content (AvgIpc) is 3.09. The minimum atomic E-state index is -1.49. The fraction of sp³-hybridized carbons (Fsp3) is 0.543. The molecule has 0 unspecified atom stereocenters. The number of rotatable bonds is 22. The molecule has 0 aliphatic rings. The summed E-state index contributed by atoms with van der Waals surface area (Å²) in [5.74, 6) is -5.10. The van der Waals surface area contributed by atoms with Crippen molar-refractivity contribution in [2.75, 3.05) is 19.8 Å². The van der Waals surface area contributed by atoms with E-state index in [0.717, 1.165) is 10.8 Å². The van der Waals surface area contributed by atoms with E-state index in [2.05, 4.69) is 26.6 Å². The van der Waals surface area contributed by atoms with E-state index in [1.165, 1.54) is 13.8 Å². The van der Waals surface area contributed by atoms with Gasteiger partial charge in [-0.25, -0.2) is 0 Å². The molecule has 0 saturated heterocycles. The van der Waals surface area contributed by atoms with Gasteiger partial charge < -0.3 is 52.4 Å². The van der Waals surface area contributed by atoms with Crippen LogP contribution in [0.15, 0.2) is 42.5 Å². The van der Waals surface area contributed by atoms with Gasteiger partial charge in [-0.2, -0.15) is 0 Å². The number of hydrogen-bond donors (Lipinski definition) is 9. The summed E-state index contributed by atoms with van der Waals surface area (Å²) in [6.07, 6.45) is -1.02. The quantitative estimate of drug-likeness (QED) is 0.0714. The summed E-state index contributed by atoms with van der Waals surface area (Å²) in [4.78, 5) is 77.4. The molecule has 0 bridgehead atoms. The van der Waals surface area contributed by atoms with Gasteiger partial charge in [-0.1, -0.05) is 50.2 Å². The molecule has 0 aliphatic heterocycles. The molecule has 5 amide bonds. The summed E-state index contributed by atoms with van der Waals surface area (Å²) in [5, 5.41) is 43.0. The summed E-state index contributed by atoms with van der Waals surface area (Å²) in [6, 6.07) is 7.02. The van der Waals surface area contributed by atoms with Crippen molar-refractivity contribution in [1.29, 1.82) is 0 Å². The number of aliphatic hydroxyl groups is 2. The van der Waals surface area contributed by atoms with Crippen molar-refractivity contribution in [2.24, 2.45) is 11.7 Å². The molecule has 0 spiro atoms. The standard InChI is InChI=1S/C35H52N6O10/c1-20(2)30(34(49)39-26(15-16-29(45)46)33(48)41-31(22(4)43)35(50)37-21(3)18-42)40-32(47)25(13-7-8-17-36)38-28(44)19-51-27-14-9-11-23-10-5-6-12-24(23)27/h5-6,9-12,14,20-22,25-26,30-31,42-43H,7-8,13,15-19,36H2,1-4H3,(H,37,50)(H,38,44)(H,39,49)(H,40,47)(H,41,48)(H,45,46)/t21-,22+,25-,26-,30-,31-/m0/s1. The lowest BCUT2D eigenvalue weighted by Gasteiger charge is -2.28. The predicted molar refractivity (Wildman–Crippen MR) is 188 cm³/mol. The molecular formula is C35H52N6O10. The first-order chi connectivity index (χ1) is 24.2. The summed E-state index contributed by atoms with van der Waals surface area (Å²) >= 11 is 0. The third-order valence-electron chi connectivity index (χ3n) is 7.96. The zero-order valence-corrected chi connectivity index (χ0v) is 29.5. The molecule has 16 nitrogen and oxygen atoms in total. The highest BCUT2D eigenvalue weighted by atomic mass is 16.5. The van der Waals surface area contributed by atoms with Gasteiger partial charge in [0.1, 0.15) is 29.9 Å². The number of carbonyl (C=O) groups excluding carboxylic acids is 5. The highest BCUT2D eigenvalue weighted by Gasteiger charge is 2.34. The fourth-order valence-corrected chi connectivity index (χ4v) is 5.09. The Morgan fingerprint density at radius 2 is 1.35 bits per heavy atom. The Kier molecular flexibility index (Phi) is 17.8. The van der Waals surface area contributed by atoms with E-state index in [1.807, 2.05) is 30.3 Å². The Bertz CT molecular complexity index is 1480. The molecule has 6 atom stereocenters. The van der Waals surface area contributed by atoms with Crippen LogP contribution in [0.3, 0.4) is 0 Å². The minimum absolute atomic E-state index is 0.205. The van der Waals surface area contributed by atoms with E-state index in [-0.39, 0.29) is 19.4 Å². The largest absolute Gasteiger partial charge is 0.483 e. The minimum Gasteiger partial charge on any atom is -0.483 e. The number of carboxylic acids is 1. The van der Waals surface area contributed by atoms with E-state index in [0.29, 0.717) is 25.1 Å². The van der Waals surface area contributed by atoms with Crippen LogP contribution in [0, 0.1) is 5.92 Å². The maximum absolute atomic E-state index is 13.6. The fourth-order valence-electron chi connectivity index (χ4n) is 5.09. The highest BCUT2D eigenvalue weighted by Crippen LogP contribution is 2.25. The number of benzene rings is 2. The molecule has 282 valence electrons. The third kappa shape index (κ3) is 14.2. The van der Waals surface area contributed by atoms with Crippen molar-refractivity contribution < 1.29 is 48.8 Å². The van der Waals surface area contributed by atoms with Crippen LogP contribution in [0.2, 0.25) is 0 Å². The zero-order valence-electron chi connectivity index (χ0n) is 29.5. The number of unbranched alkanes of at least 4 members (excludes halogenated alkanes) is 1. The van der Waals surface area contributed by atoms with Crippen molar-refractivity contribution in [3.05, 3.63) is 42.5 Å². The SMILES string of the molecule is CC(C)[C@H](NC(=O)[C@H](CCCCN)NC(=O)COc1cccc2ccccc12)C(=O)N[C@@H](CCC(=O)O)C(=O)N[C@H](C(=O)N[C@@H](C)CO)[C@@H](C)O. The van der Waals surface area contributed by atoms with E-state index in [1.54, 1.807) is 26.0 Å². The molecule has 0 aromatic heterocycles. The molecule has 2 aromatic carbocycles. The summed E-state index contributed by atoms with van der Waals surface area (Å²) in [7, 11) is 0. The van der Waals surface area contributed by atoms with E-state index >= 15 is 0 Å². The number of hydrogen-bond acceptors (Lipinski definition) is 10. The maximum atomic E-state index is 13.6. The van der Waals surface area contributed by atoms with Crippen molar-refractivity contribution >= 4 is 46.3 Å². The Labute approximate surface area is 297 Å². The molecule has 0 saturated carbocycles. The lowest BCUT2D eigenvalue weighted by molar-refractivity contribution is -0.139. The van der Waals surface area contributed by atoms with E-state index < -0.39 is 90.8 Å². The van der Waals surface area contributed by atoms with Gasteiger partial charge in [0.15, 0.2) is 6.61 Å². The second-order valence-electron chi connectivity index (χ2n) is 12.7. The monoisotopic (exact) mass is 716 g/mol. The molecule has 2 aromatic rings. The molecule has 0 aliphatic carbocycles. The van der Waals surface area contributed by atoms with Gasteiger partial charge in [0.2, 0.25) is 23.6 Å². The van der Waals surface area contributed by atoms with Gasteiger partial charge in [-0.15, -0.1) is 0 Å². The van der Waals surface area contributed by atoms with Gasteiger partial charge in [-0.3, -0.25) is 28.8 Å².